The summed E-state index contributed by atoms with van der Waals surface area (Å²) in [4.78, 5) is 60.4. The molecule has 0 fully saturated rings. The summed E-state index contributed by atoms with van der Waals surface area (Å²) in [6.45, 7) is -1.59. The Labute approximate surface area is 342 Å². The quantitative estimate of drug-likeness (QED) is 0.0347. The number of sulfonamides is 2. The van der Waals surface area contributed by atoms with Crippen molar-refractivity contribution in [2.75, 3.05) is 24.1 Å². The average Bonchev–Trinajstić information content (AvgIpc) is 3.12. The first-order valence-corrected chi connectivity index (χ1v) is 17.7. The van der Waals surface area contributed by atoms with E-state index in [1.54, 1.807) is 9.44 Å². The van der Waals surface area contributed by atoms with Gasteiger partial charge in [0.2, 0.25) is 0 Å². The number of amides is 4. The van der Waals surface area contributed by atoms with E-state index in [0.717, 1.165) is 24.3 Å². The summed E-state index contributed by atoms with van der Waals surface area (Å²) >= 11 is 0. The van der Waals surface area contributed by atoms with Gasteiger partial charge in [-0.05, 0) is 66.7 Å². The van der Waals surface area contributed by atoms with Crippen LogP contribution in [0.5, 0.6) is 0 Å². The van der Waals surface area contributed by atoms with Crippen molar-refractivity contribution in [2.24, 2.45) is 4.99 Å². The number of hydrogen-bond acceptors (Lipinski definition) is 14. The van der Waals surface area contributed by atoms with Gasteiger partial charge in [0, 0.05) is 22.5 Å². The summed E-state index contributed by atoms with van der Waals surface area (Å²) in [5, 5.41) is 55.1. The van der Waals surface area contributed by atoms with Gasteiger partial charge in [-0.1, -0.05) is 30.3 Å². The van der Waals surface area contributed by atoms with Crippen LogP contribution in [0.15, 0.2) is 112 Å². The molecule has 0 heterocycles. The van der Waals surface area contributed by atoms with Crippen molar-refractivity contribution >= 4 is 105 Å². The van der Waals surface area contributed by atoms with Gasteiger partial charge in [-0.3, -0.25) is 19.3 Å². The molecule has 0 aliphatic heterocycles. The summed E-state index contributed by atoms with van der Waals surface area (Å²) in [6.07, 6.45) is 0. The number of carboxylic acids is 2. The van der Waals surface area contributed by atoms with Crippen molar-refractivity contribution in [3.8, 4) is 0 Å². The van der Waals surface area contributed by atoms with E-state index in [4.69, 9.17) is 15.3 Å². The minimum atomic E-state index is -4.20. The van der Waals surface area contributed by atoms with Crippen LogP contribution < -0.4 is 35.6 Å². The molecule has 4 aromatic rings. The Morgan fingerprint density at radius 3 is 1.40 bits per heavy atom. The molecule has 4 aromatic carbocycles. The molecule has 0 spiro atoms. The van der Waals surface area contributed by atoms with Crippen LogP contribution >= 0.6 is 0 Å². The third-order valence-electron chi connectivity index (χ3n) is 6.54. The summed E-state index contributed by atoms with van der Waals surface area (Å²) in [5.74, 6) is -4.16. The smallest absolute Gasteiger partial charge is 0.846 e. The van der Waals surface area contributed by atoms with Gasteiger partial charge in [0.25, 0.3) is 31.9 Å². The van der Waals surface area contributed by atoms with Crippen molar-refractivity contribution in [1.82, 2.24) is 14.8 Å². The number of aliphatic hydroxyl groups is 2. The van der Waals surface area contributed by atoms with Gasteiger partial charge in [0.15, 0.2) is 0 Å². The summed E-state index contributed by atoms with van der Waals surface area (Å²) in [6, 6.07) is 18.4. The zero-order valence-electron chi connectivity index (χ0n) is 28.0. The number of anilines is 2. The number of carbonyl (C=O) groups excluding carboxylic acids is 4. The first-order valence-electron chi connectivity index (χ1n) is 14.7. The molecule has 0 aliphatic carbocycles. The Balaban J connectivity index is 0.000000373. The van der Waals surface area contributed by atoms with Crippen LogP contribution in [0.4, 0.5) is 16.2 Å². The molecule has 0 aliphatic rings. The molecular weight excluding hydrogens is 797 g/mol. The van der Waals surface area contributed by atoms with Gasteiger partial charge in [-0.2, -0.15) is 0 Å². The van der Waals surface area contributed by atoms with E-state index in [-0.39, 0.29) is 81.2 Å². The number of rotatable bonds is 12. The van der Waals surface area contributed by atoms with Crippen LogP contribution in [0.1, 0.15) is 41.4 Å². The minimum absolute atomic E-state index is 0. The Morgan fingerprint density at radius 1 is 0.600 bits per heavy atom. The second-order valence-electron chi connectivity index (χ2n) is 10.1. The molecule has 23 heteroatoms. The predicted octanol–water partition coefficient (Wildman–Crippen LogP) is -1.56. The predicted molar refractivity (Wildman–Crippen MR) is 189 cm³/mol. The first-order chi connectivity index (χ1) is 25.5. The Kier molecular flexibility index (Phi) is 17.2. The van der Waals surface area contributed by atoms with Crippen LogP contribution in [0.2, 0.25) is 0 Å². The molecule has 0 atom stereocenters. The van der Waals surface area contributed by atoms with E-state index in [0.29, 0.717) is 0 Å². The molecule has 20 nitrogen and oxygen atoms in total. The van der Waals surface area contributed by atoms with Crippen LogP contribution in [0, 0.1) is 0 Å². The van der Waals surface area contributed by atoms with Crippen LogP contribution in [-0.2, 0) is 20.0 Å². The molecule has 0 bridgehead atoms. The number of nitrogens with zero attached hydrogens (tertiary/aromatic N) is 1. The topological polar surface area (TPSA) is 333 Å². The summed E-state index contributed by atoms with van der Waals surface area (Å²) < 4.78 is 51.2. The molecule has 4 rings (SSSR count). The van der Waals surface area contributed by atoms with E-state index < -0.39 is 69.3 Å². The van der Waals surface area contributed by atoms with E-state index in [1.165, 1.54) is 72.8 Å². The van der Waals surface area contributed by atoms with E-state index in [1.807, 2.05) is 5.32 Å². The first kappa shape index (κ1) is 45.5. The van der Waals surface area contributed by atoms with Crippen molar-refractivity contribution in [3.05, 3.63) is 119 Å². The maximum atomic E-state index is 12.3. The van der Waals surface area contributed by atoms with Crippen LogP contribution in [0.3, 0.4) is 0 Å². The zero-order valence-corrected chi connectivity index (χ0v) is 31.8. The maximum absolute atomic E-state index is 12.3. The minimum Gasteiger partial charge on any atom is -0.846 e. The molecule has 4 amide bonds. The molecule has 8 N–H and O–H groups in total. The number of aliphatic hydroxyl groups excluding tert-OH is 2. The SMILES string of the molecule is O=C(NCO)NS(=O)(=O)c1ccc(NC(=O)c2ccccc2C(=O)O)cc1.O=C([O-])c1ccccc1C(=O)Nc1ccc(S(=O)(=O)NC([O-])=NCO)cc1.[Ca+2]. The molecule has 0 unspecified atom stereocenters. The summed E-state index contributed by atoms with van der Waals surface area (Å²) in [7, 11) is -8.36. The van der Waals surface area contributed by atoms with Crippen molar-refractivity contribution < 1.29 is 66.3 Å². The van der Waals surface area contributed by atoms with Crippen LogP contribution in [-0.4, -0.2) is 119 Å². The van der Waals surface area contributed by atoms with E-state index >= 15 is 0 Å². The maximum Gasteiger partial charge on any atom is 2.00 e. The van der Waals surface area contributed by atoms with Crippen molar-refractivity contribution in [1.29, 1.82) is 0 Å². The number of aliphatic imine (C=N–C) groups is 1. The molecule has 0 aromatic heterocycles. The Hall–Kier alpha value is -5.62. The largest absolute Gasteiger partial charge is 2.00 e. The molecule has 0 radical (unpaired) electrons. The normalized spacial score (nSPS) is 11.0. The van der Waals surface area contributed by atoms with E-state index in [2.05, 4.69) is 15.6 Å². The number of carbonyl (C=O) groups is 5. The fraction of sp³-hybridized carbons (Fsp3) is 0.0625. The monoisotopic (exact) mass is 824 g/mol. The molecule has 0 saturated carbocycles. The number of benzene rings is 4. The van der Waals surface area contributed by atoms with Gasteiger partial charge < -0.3 is 46.3 Å². The molecular formula is C32H28CaN6O14S2. The van der Waals surface area contributed by atoms with Gasteiger partial charge in [-0.15, -0.1) is 0 Å². The number of nitrogens with one attached hydrogen (secondary N) is 5. The third-order valence-corrected chi connectivity index (χ3v) is 9.22. The van der Waals surface area contributed by atoms with Gasteiger partial charge >= 0.3 is 49.7 Å². The number of carboxylic acid groups (broad SMARTS) is 2. The van der Waals surface area contributed by atoms with E-state index in [9.17, 15) is 51.0 Å². The average molecular weight is 825 g/mol. The second-order valence-corrected chi connectivity index (χ2v) is 13.5. The van der Waals surface area contributed by atoms with Gasteiger partial charge in [-0.25, -0.2) is 31.1 Å². The number of amidine groups is 1. The fourth-order valence-corrected chi connectivity index (χ4v) is 5.95. The van der Waals surface area contributed by atoms with Crippen LogP contribution in [0.25, 0.3) is 0 Å². The molecule has 284 valence electrons. The van der Waals surface area contributed by atoms with Crippen molar-refractivity contribution in [2.45, 2.75) is 9.79 Å². The summed E-state index contributed by atoms with van der Waals surface area (Å²) in [5.41, 5.74) is -0.216. The molecule has 55 heavy (non-hydrogen) atoms. The zero-order chi connectivity index (χ0) is 40.1. The number of urea groups is 1. The second kappa shape index (κ2) is 20.7. The fourth-order valence-electron chi connectivity index (χ4n) is 4.12. The number of hydrogen-bond donors (Lipinski definition) is 8. The third kappa shape index (κ3) is 13.3. The van der Waals surface area contributed by atoms with Crippen molar-refractivity contribution in [3.63, 3.8) is 0 Å². The molecule has 0 saturated heterocycles. The van der Waals surface area contributed by atoms with Gasteiger partial charge in [0.05, 0.1) is 32.9 Å². The number of aromatic carboxylic acids is 2. The standard InChI is InChI=1S/2C16H15N3O7S.Ca/c2*20-9-17-16(24)19-27(25,26)11-7-5-10(6-8-11)18-14(21)12-3-1-2-4-13(12)15(22)23;/h2*1-8,20H,9H2,(H,18,21)(H,22,23)(H2,17,19,24);/q;;+2/p-2. The Bertz CT molecular complexity index is 2290. The van der Waals surface area contributed by atoms with Gasteiger partial charge in [0.1, 0.15) is 13.5 Å². The Morgan fingerprint density at radius 2 is 1.00 bits per heavy atom.